The summed E-state index contributed by atoms with van der Waals surface area (Å²) in [4.78, 5) is 174. The zero-order chi connectivity index (χ0) is 72.8. The van der Waals surface area contributed by atoms with Crippen molar-refractivity contribution in [2.24, 2.45) is 41.4 Å². The van der Waals surface area contributed by atoms with Crippen LogP contribution in [-0.2, 0) is 62.2 Å². The van der Waals surface area contributed by atoms with Gasteiger partial charge in [-0.25, -0.2) is 0 Å². The molecule has 0 aromatic heterocycles. The van der Waals surface area contributed by atoms with E-state index >= 15 is 24.0 Å². The molecule has 2 heterocycles. The van der Waals surface area contributed by atoms with Crippen LogP contribution in [0, 0.1) is 41.4 Å². The minimum absolute atomic E-state index is 0.0000426. The van der Waals surface area contributed by atoms with Crippen LogP contribution in [0.2, 0.25) is 0 Å². The molecule has 11 amide bonds. The molecule has 2 aliphatic rings. The Labute approximate surface area is 569 Å². The van der Waals surface area contributed by atoms with E-state index in [0.29, 0.717) is 45.6 Å². The number of unbranched alkanes of at least 4 members (excludes halogenated alkanes) is 1. The fourth-order valence-electron chi connectivity index (χ4n) is 12.5. The molecule has 0 aromatic rings. The molecule has 2 aliphatic heterocycles. The molecule has 2 rings (SSSR count). The number of aliphatic hydroxyl groups is 1. The van der Waals surface area contributed by atoms with Crippen molar-refractivity contribution in [3.05, 3.63) is 0 Å². The van der Waals surface area contributed by atoms with Crippen LogP contribution in [0.25, 0.3) is 0 Å². The molecule has 2 saturated heterocycles. The Kier molecular flexibility index (Phi) is 35.9. The molecule has 5 N–H and O–H groups in total. The van der Waals surface area contributed by atoms with Crippen molar-refractivity contribution < 1.29 is 67.3 Å². The summed E-state index contributed by atoms with van der Waals surface area (Å²) in [5, 5.41) is 23.4. The van der Waals surface area contributed by atoms with Crippen LogP contribution in [0.15, 0.2) is 0 Å². The number of likely N-dealkylation sites (N-methyl/N-ethyl adjacent to an activating group) is 7. The molecule has 0 aromatic carbocycles. The second-order valence-electron chi connectivity index (χ2n) is 29.0. The van der Waals surface area contributed by atoms with Crippen molar-refractivity contribution in [2.45, 2.75) is 242 Å². The molecule has 0 bridgehead atoms. The first-order valence-corrected chi connectivity index (χ1v) is 34.9. The van der Waals surface area contributed by atoms with Gasteiger partial charge < -0.3 is 70.1 Å². The summed E-state index contributed by atoms with van der Waals surface area (Å²) < 4.78 is 11.7. The summed E-state index contributed by atoms with van der Waals surface area (Å²) in [5.41, 5.74) is 0. The highest BCUT2D eigenvalue weighted by atomic mass is 16.5. The molecule has 0 unspecified atom stereocenters. The van der Waals surface area contributed by atoms with E-state index in [9.17, 15) is 33.9 Å². The maximum atomic E-state index is 15.3. The number of ether oxygens (including phenoxy) is 2. The lowest BCUT2D eigenvalue weighted by atomic mass is 9.90. The molecule has 0 spiro atoms. The van der Waals surface area contributed by atoms with Gasteiger partial charge in [0.05, 0.1) is 32.5 Å². The lowest BCUT2D eigenvalue weighted by molar-refractivity contribution is -0.157. The van der Waals surface area contributed by atoms with Crippen molar-refractivity contribution in [1.82, 2.24) is 60.5 Å². The number of rotatable bonds is 21. The van der Waals surface area contributed by atoms with E-state index in [4.69, 9.17) is 9.47 Å². The van der Waals surface area contributed by atoms with Crippen molar-refractivity contribution in [3.63, 3.8) is 0 Å². The van der Waals surface area contributed by atoms with E-state index in [1.807, 2.05) is 48.5 Å². The minimum atomic E-state index is -1.60. The van der Waals surface area contributed by atoms with Gasteiger partial charge in [-0.15, -0.1) is 0 Å². The van der Waals surface area contributed by atoms with Gasteiger partial charge in [0.25, 0.3) is 0 Å². The zero-order valence-electron chi connectivity index (χ0n) is 62.4. The van der Waals surface area contributed by atoms with Crippen LogP contribution in [-0.4, -0.2) is 277 Å². The molecule has 0 radical (unpaired) electrons. The normalized spacial score (nSPS) is 27.5. The number of amides is 11. The molecule has 26 heteroatoms. The van der Waals surface area contributed by atoms with Gasteiger partial charge in [0, 0.05) is 74.9 Å². The van der Waals surface area contributed by atoms with Gasteiger partial charge in [-0.05, 0) is 94.8 Å². The summed E-state index contributed by atoms with van der Waals surface area (Å²) in [5.74, 6) is -10.2. The lowest BCUT2D eigenvalue weighted by Crippen LogP contribution is -2.64. The Bertz CT molecular complexity index is 2530. The lowest BCUT2D eigenvalue weighted by Gasteiger charge is -2.41. The van der Waals surface area contributed by atoms with Crippen LogP contribution < -0.4 is 21.3 Å². The summed E-state index contributed by atoms with van der Waals surface area (Å²) >= 11 is 0. The van der Waals surface area contributed by atoms with E-state index < -0.39 is 161 Å². The van der Waals surface area contributed by atoms with Crippen LogP contribution in [0.4, 0.5) is 0 Å². The van der Waals surface area contributed by atoms with Gasteiger partial charge in [-0.2, -0.15) is 0 Å². The van der Waals surface area contributed by atoms with Gasteiger partial charge in [0.15, 0.2) is 0 Å². The molecule has 0 saturated carbocycles. The number of nitrogens with one attached hydrogen (secondary N) is 4. The van der Waals surface area contributed by atoms with Crippen LogP contribution in [0.1, 0.15) is 169 Å². The average molecular weight is 1350 g/mol. The second kappa shape index (κ2) is 40.0. The Balaban J connectivity index is 3.03. The smallest absolute Gasteiger partial charge is 0.246 e. The third kappa shape index (κ3) is 24.2. The Morgan fingerprint density at radius 1 is 0.495 bits per heavy atom. The van der Waals surface area contributed by atoms with E-state index in [2.05, 4.69) is 26.2 Å². The highest BCUT2D eigenvalue weighted by Crippen LogP contribution is 2.26. The maximum Gasteiger partial charge on any atom is 0.246 e. The van der Waals surface area contributed by atoms with Crippen molar-refractivity contribution >= 4 is 65.0 Å². The van der Waals surface area contributed by atoms with Gasteiger partial charge >= 0.3 is 0 Å². The molecular weight excluding hydrogens is 1220 g/mol. The number of hydrogen-bond acceptors (Lipinski definition) is 15. The van der Waals surface area contributed by atoms with Crippen molar-refractivity contribution in [3.8, 4) is 0 Å². The largest absolute Gasteiger partial charge is 0.390 e. The summed E-state index contributed by atoms with van der Waals surface area (Å²) in [6.07, 6.45) is 1.41. The Hall–Kier alpha value is -5.99. The Morgan fingerprint density at radius 3 is 1.49 bits per heavy atom. The highest BCUT2D eigenvalue weighted by Gasteiger charge is 2.46. The molecule has 95 heavy (non-hydrogen) atoms. The number of carbonyl (C=O) groups is 11. The quantitative estimate of drug-likeness (QED) is 0.103. The number of aliphatic hydroxyl groups excluding tert-OH is 1. The standard InChI is InChI=1S/C69H126N12O14/c1-25-27-28-45(13)58(82)57-62(86)72-50(26-2)65(89)74(18)49(17)64(88)79(23)56(46(14)39-95-36-33-81-31-34-94-35-32-81)61(85)73-54(43(9)10)68(92)75(19)51(30-29-40(3)4)60(84)70-47(15)59(83)71-48(16)63(87)76(20)52(37-41(5)6)66(90)77(21)53(38-42(7)8)67(91)78(22)55(44(11)12)69(93)80(57)24/h40-58,82H,25-39H2,1-24H3,(H,70,84)(H,71,83)(H,72,86)(H,73,85)/t45-,46-,47+,48-,49-,50+,51+,52+,53+,54+,55+,56+,57+,58-/m1/s1. The van der Waals surface area contributed by atoms with Crippen LogP contribution >= 0.6 is 0 Å². The van der Waals surface area contributed by atoms with E-state index in [1.54, 1.807) is 48.5 Å². The SMILES string of the molecule is CCCC[C@@H](C)[C@@H](O)[C@H]1C(=O)N[C@@H](CC)C(=O)N(C)[C@H](C)C(=O)N(C)[C@@H]([C@H](C)COCCN2CCOCC2)C(=O)N[C@@H](C(C)C)C(=O)N(C)[C@@H](CCC(C)C)C(=O)N[C@@H](C)C(=O)N[C@H](C)C(=O)N(C)[C@@H](CC(C)C)C(=O)N(C)[C@@H](CC(C)C)C(=O)N(C)[C@@H](C(C)C)C(=O)N1C. The predicted octanol–water partition coefficient (Wildman–Crippen LogP) is 3.21. The zero-order valence-corrected chi connectivity index (χ0v) is 62.4. The molecule has 14 atom stereocenters. The molecule has 2 fully saturated rings. The van der Waals surface area contributed by atoms with E-state index in [0.717, 1.165) is 29.3 Å². The first kappa shape index (κ1) is 85.1. The van der Waals surface area contributed by atoms with Crippen LogP contribution in [0.5, 0.6) is 0 Å². The number of nitrogens with zero attached hydrogens (tertiary/aromatic N) is 8. The number of carbonyl (C=O) groups excluding carboxylic acids is 11. The number of morpholine rings is 1. The second-order valence-corrected chi connectivity index (χ2v) is 29.0. The summed E-state index contributed by atoms with van der Waals surface area (Å²) in [7, 11) is 10.0. The fourth-order valence-corrected chi connectivity index (χ4v) is 12.5. The van der Waals surface area contributed by atoms with Gasteiger partial charge in [-0.3, -0.25) is 57.6 Å². The van der Waals surface area contributed by atoms with E-state index in [-0.39, 0.29) is 50.0 Å². The predicted molar refractivity (Wildman–Crippen MR) is 366 cm³/mol. The molecule has 26 nitrogen and oxygen atoms in total. The van der Waals surface area contributed by atoms with Crippen LogP contribution in [0.3, 0.4) is 0 Å². The van der Waals surface area contributed by atoms with Gasteiger partial charge in [0.2, 0.25) is 65.0 Å². The maximum absolute atomic E-state index is 15.3. The molecular formula is C69H126N12O14. The topological polar surface area (TPSA) is 300 Å². The first-order valence-electron chi connectivity index (χ1n) is 34.9. The average Bonchev–Trinajstić information content (AvgIpc) is 0.847. The fraction of sp³-hybridized carbons (Fsp3) is 0.841. The highest BCUT2D eigenvalue weighted by molar-refractivity contribution is 6.00. The summed E-state index contributed by atoms with van der Waals surface area (Å²) in [6, 6.07) is -13.9. The third-order valence-corrected chi connectivity index (χ3v) is 19.0. The Morgan fingerprint density at radius 2 is 0.989 bits per heavy atom. The monoisotopic (exact) mass is 1350 g/mol. The third-order valence-electron chi connectivity index (χ3n) is 19.0. The summed E-state index contributed by atoms with van der Waals surface area (Å²) in [6.45, 7) is 33.4. The first-order chi connectivity index (χ1) is 44.2. The molecule has 0 aliphatic carbocycles. The minimum Gasteiger partial charge on any atom is -0.390 e. The van der Waals surface area contributed by atoms with E-state index in [1.165, 1.54) is 94.6 Å². The van der Waals surface area contributed by atoms with Gasteiger partial charge in [-0.1, -0.05) is 110 Å². The molecule has 546 valence electrons. The van der Waals surface area contributed by atoms with Crippen molar-refractivity contribution in [2.75, 3.05) is 95.4 Å². The van der Waals surface area contributed by atoms with Gasteiger partial charge in [0.1, 0.15) is 66.5 Å². The number of hydrogen-bond donors (Lipinski definition) is 5. The van der Waals surface area contributed by atoms with Crippen molar-refractivity contribution in [1.29, 1.82) is 0 Å².